The summed E-state index contributed by atoms with van der Waals surface area (Å²) in [5.41, 5.74) is 1.16. The van der Waals surface area contributed by atoms with E-state index in [-0.39, 0.29) is 17.0 Å². The minimum atomic E-state index is -3.69. The van der Waals surface area contributed by atoms with Crippen molar-refractivity contribution in [3.8, 4) is 0 Å². The third-order valence-corrected chi connectivity index (χ3v) is 5.35. The second kappa shape index (κ2) is 7.65. The van der Waals surface area contributed by atoms with Crippen LogP contribution in [0.15, 0.2) is 34.3 Å². The Balaban J connectivity index is 1.97. The largest absolute Gasteiger partial charge is 0.444 e. The molecule has 0 aromatic heterocycles. The first-order valence-electron chi connectivity index (χ1n) is 8.58. The standard InChI is InChI=1S/C18H27N3O4S/c1-13-6-10-16(11-7-13)26(23,24)20-19-14-8-9-15(12-14)21(5)17(22)25-18(2,3)4/h6-7,10-11,15,20H,8-9,12H2,1-5H3/b19-14-. The number of carbonyl (C=O) groups is 1. The molecule has 1 fully saturated rings. The van der Waals surface area contributed by atoms with E-state index >= 15 is 0 Å². The van der Waals surface area contributed by atoms with Crippen LogP contribution in [0.5, 0.6) is 0 Å². The van der Waals surface area contributed by atoms with Gasteiger partial charge in [0.25, 0.3) is 10.0 Å². The van der Waals surface area contributed by atoms with E-state index in [2.05, 4.69) is 9.93 Å². The summed E-state index contributed by atoms with van der Waals surface area (Å²) in [6.45, 7) is 7.35. The Morgan fingerprint density at radius 2 is 1.88 bits per heavy atom. The van der Waals surface area contributed by atoms with E-state index in [0.717, 1.165) is 17.7 Å². The van der Waals surface area contributed by atoms with Crippen molar-refractivity contribution in [1.82, 2.24) is 9.73 Å². The molecular weight excluding hydrogens is 354 g/mol. The molecule has 1 amide bonds. The smallest absolute Gasteiger partial charge is 0.410 e. The number of amides is 1. The second-order valence-electron chi connectivity index (χ2n) is 7.57. The van der Waals surface area contributed by atoms with Crippen LogP contribution in [-0.2, 0) is 14.8 Å². The SMILES string of the molecule is Cc1ccc(S(=O)(=O)N/N=C2/CCC(N(C)C(=O)OC(C)(C)C)C2)cc1. The van der Waals surface area contributed by atoms with Gasteiger partial charge in [0.2, 0.25) is 0 Å². The monoisotopic (exact) mass is 381 g/mol. The van der Waals surface area contributed by atoms with E-state index in [1.54, 1.807) is 36.2 Å². The van der Waals surface area contributed by atoms with Crippen LogP contribution in [0, 0.1) is 6.92 Å². The highest BCUT2D eigenvalue weighted by Gasteiger charge is 2.30. The molecule has 0 radical (unpaired) electrons. The molecule has 0 bridgehead atoms. The number of benzene rings is 1. The Bertz CT molecular complexity index is 780. The molecule has 2 rings (SSSR count). The highest BCUT2D eigenvalue weighted by Crippen LogP contribution is 2.23. The summed E-state index contributed by atoms with van der Waals surface area (Å²) in [4.78, 5) is 16.2. The average Bonchev–Trinajstić information content (AvgIpc) is 3.00. The quantitative estimate of drug-likeness (QED) is 0.812. The van der Waals surface area contributed by atoms with Gasteiger partial charge in [-0.3, -0.25) is 0 Å². The predicted molar refractivity (Wildman–Crippen MR) is 101 cm³/mol. The number of hydrazone groups is 1. The van der Waals surface area contributed by atoms with Crippen LogP contribution in [0.25, 0.3) is 0 Å². The molecule has 26 heavy (non-hydrogen) atoms. The van der Waals surface area contributed by atoms with Gasteiger partial charge in [0.15, 0.2) is 0 Å². The Morgan fingerprint density at radius 1 is 1.27 bits per heavy atom. The van der Waals surface area contributed by atoms with Crippen molar-refractivity contribution in [3.05, 3.63) is 29.8 Å². The number of nitrogens with one attached hydrogen (secondary N) is 1. The number of sulfonamides is 1. The van der Waals surface area contributed by atoms with Gasteiger partial charge >= 0.3 is 6.09 Å². The molecule has 0 saturated heterocycles. The zero-order chi connectivity index (χ0) is 19.5. The van der Waals surface area contributed by atoms with E-state index < -0.39 is 15.6 Å². The van der Waals surface area contributed by atoms with Crippen molar-refractivity contribution in [1.29, 1.82) is 0 Å². The minimum Gasteiger partial charge on any atom is -0.444 e. The number of rotatable bonds is 4. The fourth-order valence-corrected chi connectivity index (χ4v) is 3.47. The van der Waals surface area contributed by atoms with Crippen LogP contribution in [0.4, 0.5) is 4.79 Å². The molecule has 1 saturated carbocycles. The second-order valence-corrected chi connectivity index (χ2v) is 9.23. The van der Waals surface area contributed by atoms with Crippen molar-refractivity contribution in [2.75, 3.05) is 7.05 Å². The highest BCUT2D eigenvalue weighted by atomic mass is 32.2. The van der Waals surface area contributed by atoms with Crippen LogP contribution < -0.4 is 4.83 Å². The summed E-state index contributed by atoms with van der Waals surface area (Å²) in [7, 11) is -1.99. The van der Waals surface area contributed by atoms with Crippen molar-refractivity contribution in [2.24, 2.45) is 5.10 Å². The van der Waals surface area contributed by atoms with E-state index in [4.69, 9.17) is 4.74 Å². The van der Waals surface area contributed by atoms with Crippen molar-refractivity contribution < 1.29 is 17.9 Å². The van der Waals surface area contributed by atoms with Crippen LogP contribution >= 0.6 is 0 Å². The maximum Gasteiger partial charge on any atom is 0.410 e. The van der Waals surface area contributed by atoms with E-state index in [1.165, 1.54) is 0 Å². The number of ether oxygens (including phenoxy) is 1. The number of aryl methyl sites for hydroxylation is 1. The molecule has 1 aliphatic rings. The number of carbonyl (C=O) groups excluding carboxylic acids is 1. The molecule has 1 aromatic rings. The topological polar surface area (TPSA) is 88.1 Å². The summed E-state index contributed by atoms with van der Waals surface area (Å²) in [5.74, 6) is 0. The summed E-state index contributed by atoms with van der Waals surface area (Å²) in [5, 5.41) is 4.06. The summed E-state index contributed by atoms with van der Waals surface area (Å²) in [6.07, 6.45) is 1.49. The van der Waals surface area contributed by atoms with E-state index in [0.29, 0.717) is 12.8 Å². The van der Waals surface area contributed by atoms with E-state index in [1.807, 2.05) is 27.7 Å². The first-order chi connectivity index (χ1) is 12.0. The maximum absolute atomic E-state index is 12.3. The van der Waals surface area contributed by atoms with Crippen molar-refractivity contribution in [3.63, 3.8) is 0 Å². The fraction of sp³-hybridized carbons (Fsp3) is 0.556. The fourth-order valence-electron chi connectivity index (χ4n) is 2.62. The normalized spacial score (nSPS) is 19.4. The molecule has 7 nitrogen and oxygen atoms in total. The highest BCUT2D eigenvalue weighted by molar-refractivity contribution is 7.89. The Kier molecular flexibility index (Phi) is 5.95. The molecule has 144 valence electrons. The Hall–Kier alpha value is -2.09. The Morgan fingerprint density at radius 3 is 2.46 bits per heavy atom. The lowest BCUT2D eigenvalue weighted by molar-refractivity contribution is 0.0230. The molecule has 1 N–H and O–H groups in total. The third-order valence-electron chi connectivity index (χ3n) is 4.12. The lowest BCUT2D eigenvalue weighted by Gasteiger charge is -2.28. The molecule has 1 aromatic carbocycles. The zero-order valence-corrected chi connectivity index (χ0v) is 16.8. The lowest BCUT2D eigenvalue weighted by atomic mass is 10.2. The van der Waals surface area contributed by atoms with Gasteiger partial charge in [-0.1, -0.05) is 17.7 Å². The summed E-state index contributed by atoms with van der Waals surface area (Å²) >= 11 is 0. The first kappa shape index (κ1) is 20.2. The number of hydrogen-bond donors (Lipinski definition) is 1. The molecule has 1 unspecified atom stereocenters. The molecule has 0 aliphatic heterocycles. The molecule has 0 spiro atoms. The maximum atomic E-state index is 12.3. The summed E-state index contributed by atoms with van der Waals surface area (Å²) in [6, 6.07) is 6.52. The first-order valence-corrected chi connectivity index (χ1v) is 10.1. The van der Waals surface area contributed by atoms with Gasteiger partial charge in [0, 0.05) is 25.2 Å². The third kappa shape index (κ3) is 5.45. The molecule has 1 aliphatic carbocycles. The van der Waals surface area contributed by atoms with Crippen LogP contribution in [0.2, 0.25) is 0 Å². The summed E-state index contributed by atoms with van der Waals surface area (Å²) < 4.78 is 29.9. The van der Waals surface area contributed by atoms with Gasteiger partial charge in [0.05, 0.1) is 4.90 Å². The van der Waals surface area contributed by atoms with Gasteiger partial charge in [-0.2, -0.15) is 13.5 Å². The lowest BCUT2D eigenvalue weighted by Crippen LogP contribution is -2.39. The predicted octanol–water partition coefficient (Wildman–Crippen LogP) is 3.05. The zero-order valence-electron chi connectivity index (χ0n) is 15.9. The molecule has 0 heterocycles. The van der Waals surface area contributed by atoms with Gasteiger partial charge in [-0.15, -0.1) is 0 Å². The molecule has 8 heteroatoms. The van der Waals surface area contributed by atoms with Crippen LogP contribution in [0.1, 0.15) is 45.6 Å². The minimum absolute atomic E-state index is 0.0486. The van der Waals surface area contributed by atoms with Gasteiger partial charge in [0.1, 0.15) is 5.60 Å². The van der Waals surface area contributed by atoms with Gasteiger partial charge in [-0.05, 0) is 52.7 Å². The average molecular weight is 381 g/mol. The van der Waals surface area contributed by atoms with Crippen LogP contribution in [0.3, 0.4) is 0 Å². The van der Waals surface area contributed by atoms with Crippen molar-refractivity contribution in [2.45, 2.75) is 63.5 Å². The number of nitrogens with zero attached hydrogens (tertiary/aromatic N) is 2. The van der Waals surface area contributed by atoms with Gasteiger partial charge < -0.3 is 9.64 Å². The number of hydrogen-bond acceptors (Lipinski definition) is 5. The van der Waals surface area contributed by atoms with Gasteiger partial charge in [-0.25, -0.2) is 9.63 Å². The Labute approximate surface area is 155 Å². The van der Waals surface area contributed by atoms with Crippen molar-refractivity contribution >= 4 is 21.8 Å². The molecule has 1 atom stereocenters. The molecular formula is C18H27N3O4S. The van der Waals surface area contributed by atoms with Crippen LogP contribution in [-0.4, -0.2) is 43.8 Å². The van der Waals surface area contributed by atoms with E-state index in [9.17, 15) is 13.2 Å².